The summed E-state index contributed by atoms with van der Waals surface area (Å²) in [4.78, 5) is 6.58. The fraction of sp³-hybridized carbons (Fsp3) is 0.438. The van der Waals surface area contributed by atoms with Crippen LogP contribution in [0, 0.1) is 0 Å². The summed E-state index contributed by atoms with van der Waals surface area (Å²) in [7, 11) is 3.88. The van der Waals surface area contributed by atoms with Gasteiger partial charge in [0.1, 0.15) is 0 Å². The number of imidazole rings is 1. The van der Waals surface area contributed by atoms with Crippen LogP contribution in [0.15, 0.2) is 42.9 Å². The number of methoxy groups -OCH3 is 1. The second-order valence-electron chi connectivity index (χ2n) is 5.08. The average Bonchev–Trinajstić information content (AvgIpc) is 2.87. The summed E-state index contributed by atoms with van der Waals surface area (Å²) >= 11 is 0. The molecule has 0 saturated carbocycles. The highest BCUT2D eigenvalue weighted by Gasteiger charge is 2.06. The van der Waals surface area contributed by atoms with Crippen molar-refractivity contribution in [3.63, 3.8) is 0 Å². The smallest absolute Gasteiger partial charge is 0.0951 e. The molecule has 1 aromatic heterocycles. The molecule has 2 aromatic rings. The van der Waals surface area contributed by atoms with E-state index < -0.39 is 0 Å². The van der Waals surface area contributed by atoms with Crippen LogP contribution in [-0.2, 0) is 17.8 Å². The van der Waals surface area contributed by atoms with Crippen LogP contribution in [0.1, 0.15) is 17.7 Å². The number of aromatic nitrogens is 2. The second kappa shape index (κ2) is 7.82. The Morgan fingerprint density at radius 3 is 2.80 bits per heavy atom. The molecule has 0 spiro atoms. The maximum Gasteiger partial charge on any atom is 0.0951 e. The predicted molar refractivity (Wildman–Crippen MR) is 80.6 cm³/mol. The van der Waals surface area contributed by atoms with Crippen molar-refractivity contribution in [1.29, 1.82) is 0 Å². The number of nitrogens with zero attached hydrogens (tertiary/aromatic N) is 3. The molecule has 0 aliphatic heterocycles. The molecule has 4 nitrogen and oxygen atoms in total. The molecule has 0 aliphatic rings. The zero-order valence-electron chi connectivity index (χ0n) is 12.3. The standard InChI is InChI=1S/C16H23N3O/c1-18(9-6-10-20-2)13-16-11-17-14-19(16)12-15-7-4-3-5-8-15/h3-5,7-8,11,14H,6,9-10,12-13H2,1-2H3. The van der Waals surface area contributed by atoms with Crippen molar-refractivity contribution >= 4 is 0 Å². The lowest BCUT2D eigenvalue weighted by Crippen LogP contribution is -2.22. The van der Waals surface area contributed by atoms with Gasteiger partial charge in [-0.3, -0.25) is 0 Å². The Hall–Kier alpha value is -1.65. The van der Waals surface area contributed by atoms with Crippen molar-refractivity contribution in [3.05, 3.63) is 54.1 Å². The summed E-state index contributed by atoms with van der Waals surface area (Å²) in [6, 6.07) is 10.5. The lowest BCUT2D eigenvalue weighted by molar-refractivity contribution is 0.177. The van der Waals surface area contributed by atoms with E-state index in [2.05, 4.69) is 45.8 Å². The van der Waals surface area contributed by atoms with Gasteiger partial charge in [-0.25, -0.2) is 4.98 Å². The first-order valence-electron chi connectivity index (χ1n) is 7.00. The van der Waals surface area contributed by atoms with E-state index in [-0.39, 0.29) is 0 Å². The first kappa shape index (κ1) is 14.8. The molecule has 0 fully saturated rings. The number of benzene rings is 1. The molecule has 0 radical (unpaired) electrons. The Balaban J connectivity index is 1.91. The molecule has 0 unspecified atom stereocenters. The third-order valence-corrected chi connectivity index (χ3v) is 3.31. The largest absolute Gasteiger partial charge is 0.385 e. The number of hydrogen-bond donors (Lipinski definition) is 0. The monoisotopic (exact) mass is 273 g/mol. The SMILES string of the molecule is COCCCN(C)Cc1cncn1Cc1ccccc1. The summed E-state index contributed by atoms with van der Waals surface area (Å²) in [5.74, 6) is 0. The van der Waals surface area contributed by atoms with E-state index in [9.17, 15) is 0 Å². The maximum atomic E-state index is 5.09. The second-order valence-corrected chi connectivity index (χ2v) is 5.08. The molecule has 108 valence electrons. The van der Waals surface area contributed by atoms with E-state index in [1.807, 2.05) is 18.6 Å². The first-order valence-corrected chi connectivity index (χ1v) is 7.00. The molecule has 20 heavy (non-hydrogen) atoms. The molecule has 0 bridgehead atoms. The molecular formula is C16H23N3O. The van der Waals surface area contributed by atoms with E-state index in [1.54, 1.807) is 7.11 Å². The fourth-order valence-electron chi connectivity index (χ4n) is 2.24. The van der Waals surface area contributed by atoms with Crippen LogP contribution in [0.3, 0.4) is 0 Å². The highest BCUT2D eigenvalue weighted by molar-refractivity contribution is 5.16. The molecule has 0 saturated heterocycles. The molecule has 0 aliphatic carbocycles. The van der Waals surface area contributed by atoms with Gasteiger partial charge in [0.2, 0.25) is 0 Å². The fourth-order valence-corrected chi connectivity index (χ4v) is 2.24. The Morgan fingerprint density at radius 1 is 1.25 bits per heavy atom. The number of ether oxygens (including phenoxy) is 1. The summed E-state index contributed by atoms with van der Waals surface area (Å²) in [5.41, 5.74) is 2.54. The van der Waals surface area contributed by atoms with Gasteiger partial charge in [0, 0.05) is 39.5 Å². The maximum absolute atomic E-state index is 5.09. The highest BCUT2D eigenvalue weighted by atomic mass is 16.5. The molecule has 1 aromatic carbocycles. The van der Waals surface area contributed by atoms with E-state index in [1.165, 1.54) is 11.3 Å². The minimum Gasteiger partial charge on any atom is -0.385 e. The van der Waals surface area contributed by atoms with Crippen LogP contribution >= 0.6 is 0 Å². The molecule has 2 rings (SSSR count). The van der Waals surface area contributed by atoms with Gasteiger partial charge in [0.05, 0.1) is 12.0 Å². The van der Waals surface area contributed by atoms with Gasteiger partial charge in [-0.1, -0.05) is 30.3 Å². The third-order valence-electron chi connectivity index (χ3n) is 3.31. The van der Waals surface area contributed by atoms with E-state index in [4.69, 9.17) is 4.74 Å². The zero-order chi connectivity index (χ0) is 14.2. The predicted octanol–water partition coefficient (Wildman–Crippen LogP) is 2.40. The minimum atomic E-state index is 0.813. The molecule has 1 heterocycles. The van der Waals surface area contributed by atoms with Gasteiger partial charge in [-0.15, -0.1) is 0 Å². The zero-order valence-corrected chi connectivity index (χ0v) is 12.3. The summed E-state index contributed by atoms with van der Waals surface area (Å²) in [6.07, 6.45) is 4.92. The topological polar surface area (TPSA) is 30.3 Å². The van der Waals surface area contributed by atoms with Gasteiger partial charge in [-0.05, 0) is 19.0 Å². The van der Waals surface area contributed by atoms with Crippen molar-refractivity contribution in [2.45, 2.75) is 19.5 Å². The van der Waals surface area contributed by atoms with Crippen LogP contribution in [-0.4, -0.2) is 41.8 Å². The molecular weight excluding hydrogens is 250 g/mol. The highest BCUT2D eigenvalue weighted by Crippen LogP contribution is 2.08. The minimum absolute atomic E-state index is 0.813. The van der Waals surface area contributed by atoms with Crippen molar-refractivity contribution in [3.8, 4) is 0 Å². The summed E-state index contributed by atoms with van der Waals surface area (Å²) in [6.45, 7) is 3.64. The Labute approximate surface area is 121 Å². The average molecular weight is 273 g/mol. The van der Waals surface area contributed by atoms with Crippen LogP contribution in [0.25, 0.3) is 0 Å². The van der Waals surface area contributed by atoms with Crippen molar-refractivity contribution < 1.29 is 4.74 Å². The molecule has 4 heteroatoms. The Morgan fingerprint density at radius 2 is 2.05 bits per heavy atom. The molecule has 0 amide bonds. The lowest BCUT2D eigenvalue weighted by atomic mass is 10.2. The lowest BCUT2D eigenvalue weighted by Gasteiger charge is -2.17. The van der Waals surface area contributed by atoms with E-state index in [0.29, 0.717) is 0 Å². The summed E-state index contributed by atoms with van der Waals surface area (Å²) < 4.78 is 7.30. The quantitative estimate of drug-likeness (QED) is 0.692. The molecule has 0 N–H and O–H groups in total. The van der Waals surface area contributed by atoms with E-state index in [0.717, 1.165) is 32.7 Å². The van der Waals surface area contributed by atoms with Gasteiger partial charge in [0.15, 0.2) is 0 Å². The van der Waals surface area contributed by atoms with Crippen LogP contribution < -0.4 is 0 Å². The van der Waals surface area contributed by atoms with Crippen molar-refractivity contribution in [2.24, 2.45) is 0 Å². The Kier molecular flexibility index (Phi) is 5.77. The van der Waals surface area contributed by atoms with Gasteiger partial charge in [0.25, 0.3) is 0 Å². The van der Waals surface area contributed by atoms with Crippen LogP contribution in [0.4, 0.5) is 0 Å². The Bertz CT molecular complexity index is 495. The van der Waals surface area contributed by atoms with Crippen LogP contribution in [0.2, 0.25) is 0 Å². The third kappa shape index (κ3) is 4.47. The van der Waals surface area contributed by atoms with Gasteiger partial charge in [-0.2, -0.15) is 0 Å². The number of hydrogen-bond acceptors (Lipinski definition) is 3. The van der Waals surface area contributed by atoms with Crippen molar-refractivity contribution in [1.82, 2.24) is 14.5 Å². The van der Waals surface area contributed by atoms with Gasteiger partial charge < -0.3 is 14.2 Å². The normalized spacial score (nSPS) is 11.2. The summed E-state index contributed by atoms with van der Waals surface area (Å²) in [5, 5.41) is 0. The molecule has 0 atom stereocenters. The van der Waals surface area contributed by atoms with E-state index >= 15 is 0 Å². The number of rotatable bonds is 8. The first-order chi connectivity index (χ1) is 9.79. The van der Waals surface area contributed by atoms with Gasteiger partial charge >= 0.3 is 0 Å². The van der Waals surface area contributed by atoms with Crippen LogP contribution in [0.5, 0.6) is 0 Å². The van der Waals surface area contributed by atoms with Crippen molar-refractivity contribution in [2.75, 3.05) is 27.3 Å².